The van der Waals surface area contributed by atoms with E-state index >= 15 is 0 Å². The van der Waals surface area contributed by atoms with Crippen molar-refractivity contribution in [2.24, 2.45) is 0 Å². The van der Waals surface area contributed by atoms with E-state index in [0.29, 0.717) is 31.9 Å². The van der Waals surface area contributed by atoms with Crippen LogP contribution in [0.2, 0.25) is 5.02 Å². The van der Waals surface area contributed by atoms with Crippen LogP contribution in [0, 0.1) is 0 Å². The van der Waals surface area contributed by atoms with Gasteiger partial charge in [0.15, 0.2) is 0 Å². The molecule has 0 aliphatic carbocycles. The molecule has 0 atom stereocenters. The van der Waals surface area contributed by atoms with Crippen molar-refractivity contribution in [1.82, 2.24) is 4.90 Å². The maximum absolute atomic E-state index is 13.3. The summed E-state index contributed by atoms with van der Waals surface area (Å²) in [5.74, 6) is 2.22. The van der Waals surface area contributed by atoms with E-state index in [0.717, 1.165) is 46.6 Å². The van der Waals surface area contributed by atoms with E-state index in [1.54, 1.807) is 7.11 Å². The van der Waals surface area contributed by atoms with Crippen LogP contribution >= 0.6 is 11.6 Å². The van der Waals surface area contributed by atoms with Gasteiger partial charge in [0, 0.05) is 48.0 Å². The lowest BCUT2D eigenvalue weighted by atomic mass is 10.1. The minimum absolute atomic E-state index is 0.0134. The van der Waals surface area contributed by atoms with Crippen LogP contribution in [0.15, 0.2) is 66.7 Å². The van der Waals surface area contributed by atoms with Crippen molar-refractivity contribution in [2.75, 3.05) is 44.8 Å². The fourth-order valence-corrected chi connectivity index (χ4v) is 4.16. The van der Waals surface area contributed by atoms with Gasteiger partial charge in [0.05, 0.1) is 13.7 Å². The van der Waals surface area contributed by atoms with Gasteiger partial charge < -0.3 is 24.0 Å². The number of halogens is 1. The molecule has 4 rings (SSSR count). The summed E-state index contributed by atoms with van der Waals surface area (Å²) in [7, 11) is 1.63. The van der Waals surface area contributed by atoms with Crippen LogP contribution in [-0.4, -0.2) is 50.7 Å². The molecular weight excluding hydrogens is 452 g/mol. The summed E-state index contributed by atoms with van der Waals surface area (Å²) in [6.45, 7) is 5.59. The lowest BCUT2D eigenvalue weighted by Crippen LogP contribution is -2.48. The molecule has 0 spiro atoms. The van der Waals surface area contributed by atoms with Crippen molar-refractivity contribution in [1.29, 1.82) is 0 Å². The van der Waals surface area contributed by atoms with Crippen LogP contribution in [0.4, 0.5) is 5.69 Å². The van der Waals surface area contributed by atoms with Crippen molar-refractivity contribution >= 4 is 23.2 Å². The Bertz CT molecular complexity index is 1110. The van der Waals surface area contributed by atoms with Gasteiger partial charge in [-0.05, 0) is 67.6 Å². The van der Waals surface area contributed by atoms with E-state index < -0.39 is 0 Å². The van der Waals surface area contributed by atoms with Crippen LogP contribution in [0.25, 0.3) is 0 Å². The van der Waals surface area contributed by atoms with Crippen molar-refractivity contribution in [3.05, 3.63) is 82.9 Å². The maximum Gasteiger partial charge on any atom is 0.253 e. The van der Waals surface area contributed by atoms with Crippen LogP contribution in [0.1, 0.15) is 22.8 Å². The Hall–Kier alpha value is -3.38. The minimum Gasteiger partial charge on any atom is -0.497 e. The lowest BCUT2D eigenvalue weighted by Gasteiger charge is -2.36. The highest BCUT2D eigenvalue weighted by molar-refractivity contribution is 6.30. The predicted octanol–water partition coefficient (Wildman–Crippen LogP) is 5.29. The predicted molar refractivity (Wildman–Crippen MR) is 135 cm³/mol. The van der Waals surface area contributed by atoms with E-state index in [1.807, 2.05) is 78.6 Å². The molecule has 1 heterocycles. The van der Waals surface area contributed by atoms with Gasteiger partial charge in [-0.25, -0.2) is 0 Å². The van der Waals surface area contributed by atoms with Gasteiger partial charge in [0.1, 0.15) is 23.9 Å². The molecular formula is C27H29ClN2O4. The molecule has 0 bridgehead atoms. The zero-order valence-electron chi connectivity index (χ0n) is 19.5. The van der Waals surface area contributed by atoms with Crippen molar-refractivity contribution in [3.8, 4) is 17.2 Å². The molecule has 6 nitrogen and oxygen atoms in total. The highest BCUT2D eigenvalue weighted by atomic mass is 35.5. The summed E-state index contributed by atoms with van der Waals surface area (Å²) in [6.07, 6.45) is 0. The van der Waals surface area contributed by atoms with E-state index in [1.165, 1.54) is 0 Å². The number of hydrogen-bond acceptors (Lipinski definition) is 5. The highest BCUT2D eigenvalue weighted by Crippen LogP contribution is 2.26. The first kappa shape index (κ1) is 23.8. The van der Waals surface area contributed by atoms with Gasteiger partial charge in [-0.1, -0.05) is 17.7 Å². The fraction of sp³-hybridized carbons (Fsp3) is 0.296. The molecule has 1 aliphatic heterocycles. The summed E-state index contributed by atoms with van der Waals surface area (Å²) in [4.78, 5) is 17.4. The van der Waals surface area contributed by atoms with Crippen LogP contribution in [0.3, 0.4) is 0 Å². The Labute approximate surface area is 205 Å². The van der Waals surface area contributed by atoms with E-state index in [-0.39, 0.29) is 5.91 Å². The number of benzene rings is 3. The molecule has 3 aromatic rings. The first-order valence-electron chi connectivity index (χ1n) is 11.4. The molecule has 3 aromatic carbocycles. The molecule has 0 saturated carbocycles. The molecule has 1 fully saturated rings. The van der Waals surface area contributed by atoms with Crippen molar-refractivity contribution in [3.63, 3.8) is 0 Å². The summed E-state index contributed by atoms with van der Waals surface area (Å²) >= 11 is 6.13. The first-order chi connectivity index (χ1) is 16.6. The Kier molecular flexibility index (Phi) is 7.80. The second-order valence-corrected chi connectivity index (χ2v) is 8.42. The monoisotopic (exact) mass is 480 g/mol. The molecule has 1 aliphatic rings. The third-order valence-corrected chi connectivity index (χ3v) is 6.04. The molecule has 178 valence electrons. The quantitative estimate of drug-likeness (QED) is 0.438. The molecule has 1 amide bonds. The number of amides is 1. The Balaban J connectivity index is 1.43. The molecule has 34 heavy (non-hydrogen) atoms. The molecule has 0 radical (unpaired) electrons. The van der Waals surface area contributed by atoms with Crippen molar-refractivity contribution < 1.29 is 19.0 Å². The van der Waals surface area contributed by atoms with E-state index in [9.17, 15) is 4.79 Å². The number of piperazine rings is 1. The first-order valence-corrected chi connectivity index (χ1v) is 11.8. The number of carbonyl (C=O) groups excluding carboxylic acids is 1. The van der Waals surface area contributed by atoms with Crippen LogP contribution in [0.5, 0.6) is 17.2 Å². The zero-order chi connectivity index (χ0) is 23.9. The number of methoxy groups -OCH3 is 1. The SMILES string of the molecule is CCOc1ccc(C(=O)N2CCN(c3cccc(Cl)c3)CC2)cc1COc1ccc(OC)cc1. The van der Waals surface area contributed by atoms with E-state index in [2.05, 4.69) is 4.90 Å². The largest absolute Gasteiger partial charge is 0.497 e. The van der Waals surface area contributed by atoms with Gasteiger partial charge in [-0.3, -0.25) is 4.79 Å². The normalized spacial score (nSPS) is 13.5. The second kappa shape index (κ2) is 11.2. The van der Waals surface area contributed by atoms with Crippen molar-refractivity contribution in [2.45, 2.75) is 13.5 Å². The van der Waals surface area contributed by atoms with Gasteiger partial charge in [0.25, 0.3) is 5.91 Å². The standard InChI is InChI=1S/C27H29ClN2O4/c1-3-33-26-12-7-20(17-21(26)19-34-25-10-8-24(32-2)9-11-25)27(31)30-15-13-29(14-16-30)23-6-4-5-22(28)18-23/h4-12,17-18H,3,13-16,19H2,1-2H3. The summed E-state index contributed by atoms with van der Waals surface area (Å²) in [6, 6.07) is 20.8. The van der Waals surface area contributed by atoms with Crippen LogP contribution < -0.4 is 19.1 Å². The van der Waals surface area contributed by atoms with E-state index in [4.69, 9.17) is 25.8 Å². The topological polar surface area (TPSA) is 51.2 Å². The number of nitrogens with zero attached hydrogens (tertiary/aromatic N) is 2. The molecule has 1 saturated heterocycles. The summed E-state index contributed by atoms with van der Waals surface area (Å²) < 4.78 is 16.9. The van der Waals surface area contributed by atoms with Gasteiger partial charge in [0.2, 0.25) is 0 Å². The lowest BCUT2D eigenvalue weighted by molar-refractivity contribution is 0.0746. The fourth-order valence-electron chi connectivity index (χ4n) is 3.98. The molecule has 7 heteroatoms. The third kappa shape index (κ3) is 5.75. The Morgan fingerprint density at radius 3 is 2.32 bits per heavy atom. The van der Waals surface area contributed by atoms with Gasteiger partial charge in [-0.2, -0.15) is 0 Å². The number of anilines is 1. The Morgan fingerprint density at radius 2 is 1.65 bits per heavy atom. The number of hydrogen-bond donors (Lipinski definition) is 0. The number of carbonyl (C=O) groups is 1. The average Bonchev–Trinajstić information content (AvgIpc) is 2.88. The third-order valence-electron chi connectivity index (χ3n) is 5.80. The summed E-state index contributed by atoms with van der Waals surface area (Å²) in [5, 5.41) is 0.717. The molecule has 0 unspecified atom stereocenters. The highest BCUT2D eigenvalue weighted by Gasteiger charge is 2.23. The van der Waals surface area contributed by atoms with Gasteiger partial charge in [-0.15, -0.1) is 0 Å². The van der Waals surface area contributed by atoms with Gasteiger partial charge >= 0.3 is 0 Å². The Morgan fingerprint density at radius 1 is 0.912 bits per heavy atom. The molecule has 0 N–H and O–H groups in total. The zero-order valence-corrected chi connectivity index (χ0v) is 20.3. The van der Waals surface area contributed by atoms with Crippen LogP contribution in [-0.2, 0) is 6.61 Å². The molecule has 0 aromatic heterocycles. The second-order valence-electron chi connectivity index (χ2n) is 7.98. The number of rotatable bonds is 8. The smallest absolute Gasteiger partial charge is 0.253 e. The maximum atomic E-state index is 13.3. The summed E-state index contributed by atoms with van der Waals surface area (Å²) in [5.41, 5.74) is 2.55. The average molecular weight is 481 g/mol. The minimum atomic E-state index is 0.0134. The number of ether oxygens (including phenoxy) is 3.